The van der Waals surface area contributed by atoms with Crippen LogP contribution in [0.1, 0.15) is 99.3 Å². The molecule has 4 fully saturated rings. The number of fused-ring (bicyclic) bond motifs is 4. The highest BCUT2D eigenvalue weighted by atomic mass is 16.5. The van der Waals surface area contributed by atoms with E-state index in [2.05, 4.69) is 66.1 Å². The third-order valence-electron chi connectivity index (χ3n) is 15.2. The first kappa shape index (κ1) is 44.8. The maximum atomic E-state index is 14.1. The molecule has 15 nitrogen and oxygen atoms in total. The second kappa shape index (κ2) is 19.3. The summed E-state index contributed by atoms with van der Waals surface area (Å²) in [6, 6.07) is 15.6. The van der Waals surface area contributed by atoms with Crippen molar-refractivity contribution in [3.8, 4) is 11.5 Å². The van der Waals surface area contributed by atoms with Crippen molar-refractivity contribution in [2.75, 3.05) is 53.7 Å². The number of hydrogen-bond donors (Lipinski definition) is 2. The zero-order chi connectivity index (χ0) is 46.2. The number of aliphatic imine (C=N–C) groups is 2. The summed E-state index contributed by atoms with van der Waals surface area (Å²) in [5.74, 6) is 1.56. The van der Waals surface area contributed by atoms with Gasteiger partial charge < -0.3 is 44.1 Å². The first-order chi connectivity index (χ1) is 32.7. The van der Waals surface area contributed by atoms with Gasteiger partial charge in [-0.05, 0) is 114 Å². The molecule has 4 amide bonds. The maximum Gasteiger partial charge on any atom is 0.407 e. The molecule has 0 spiro atoms. The second-order valence-corrected chi connectivity index (χ2v) is 18.9. The highest BCUT2D eigenvalue weighted by Crippen LogP contribution is 2.48. The minimum Gasteiger partial charge on any atom is -0.457 e. The minimum absolute atomic E-state index is 0.0155. The van der Waals surface area contributed by atoms with Gasteiger partial charge in [-0.25, -0.2) is 9.59 Å². The van der Waals surface area contributed by atoms with Crippen LogP contribution >= 0.6 is 0 Å². The molecule has 3 aromatic rings. The van der Waals surface area contributed by atoms with Crippen molar-refractivity contribution < 1.29 is 42.9 Å². The molecule has 15 heteroatoms. The van der Waals surface area contributed by atoms with E-state index in [1.807, 2.05) is 22.2 Å². The third kappa shape index (κ3) is 8.83. The van der Waals surface area contributed by atoms with Gasteiger partial charge in [0.25, 0.3) is 0 Å². The van der Waals surface area contributed by atoms with Gasteiger partial charge in [0.2, 0.25) is 11.8 Å². The molecule has 0 bridgehead atoms. The minimum atomic E-state index is -0.671. The van der Waals surface area contributed by atoms with E-state index in [9.17, 15) is 19.2 Å². The highest BCUT2D eigenvalue weighted by Gasteiger charge is 2.43. The Morgan fingerprint density at radius 2 is 1.18 bits per heavy atom. The molecule has 1 unspecified atom stereocenters. The molecule has 7 aliphatic heterocycles. The largest absolute Gasteiger partial charge is 0.457 e. The fourth-order valence-corrected chi connectivity index (χ4v) is 11.5. The van der Waals surface area contributed by atoms with Gasteiger partial charge in [-0.15, -0.1) is 0 Å². The average molecular weight is 913 g/mol. The van der Waals surface area contributed by atoms with Gasteiger partial charge in [0.15, 0.2) is 0 Å². The van der Waals surface area contributed by atoms with Gasteiger partial charge in [0, 0.05) is 93.2 Å². The summed E-state index contributed by atoms with van der Waals surface area (Å²) in [7, 11) is 2.64. The molecule has 352 valence electrons. The van der Waals surface area contributed by atoms with Crippen LogP contribution in [-0.4, -0.2) is 123 Å². The van der Waals surface area contributed by atoms with Crippen LogP contribution < -0.4 is 15.4 Å². The lowest BCUT2D eigenvalue weighted by atomic mass is 9.84. The Morgan fingerprint density at radius 1 is 0.657 bits per heavy atom. The van der Waals surface area contributed by atoms with E-state index in [1.165, 1.54) is 14.2 Å². The Balaban J connectivity index is 0.797. The van der Waals surface area contributed by atoms with Crippen molar-refractivity contribution >= 4 is 57.3 Å². The Labute approximate surface area is 391 Å². The summed E-state index contributed by atoms with van der Waals surface area (Å²) < 4.78 is 27.6. The number of rotatable bonds is 10. The average Bonchev–Trinajstić information content (AvgIpc) is 4.22. The Kier molecular flexibility index (Phi) is 12.9. The first-order valence-corrected chi connectivity index (χ1v) is 24.0. The molecule has 67 heavy (non-hydrogen) atoms. The van der Waals surface area contributed by atoms with Crippen LogP contribution in [-0.2, 0) is 28.5 Å². The number of alkyl carbamates (subject to hydrolysis) is 2. The zero-order valence-corrected chi connectivity index (χ0v) is 38.6. The fourth-order valence-electron chi connectivity index (χ4n) is 11.5. The summed E-state index contributed by atoms with van der Waals surface area (Å²) in [5, 5.41) is 7.95. The van der Waals surface area contributed by atoms with E-state index < -0.39 is 24.3 Å². The standard InChI is InChI=1S/C52H60N6O9/c1-30-38-11-8-34(37-26-41(54-29-37)43-7-5-19-58(43)50(60)48(56-52(62)64-3)32-16-22-66-23-17-32)27-45(38)67-44-13-10-35-24-33(9-12-39(35)46(30)44)36-25-40(53-28-36)42-6-4-18-57(42)49(59)47(55-51(61)63-2)31-14-20-65-21-15-31/h8-13,24,27-32,42-43,47-48H,4-7,14-23,25-26H2,1-3H3,(H,55,61)(H,56,62)/t30?,42-,43-,47-,48-/m0/s1. The lowest BCUT2D eigenvalue weighted by molar-refractivity contribution is -0.136. The van der Waals surface area contributed by atoms with Crippen LogP contribution in [0.5, 0.6) is 11.5 Å². The molecule has 7 aliphatic rings. The number of amides is 4. The second-order valence-electron chi connectivity index (χ2n) is 18.9. The molecule has 3 aromatic carbocycles. The predicted octanol–water partition coefficient (Wildman–Crippen LogP) is 7.75. The topological polar surface area (TPSA) is 170 Å². The van der Waals surface area contributed by atoms with Crippen LogP contribution in [0.4, 0.5) is 9.59 Å². The number of ether oxygens (including phenoxy) is 5. The predicted molar refractivity (Wildman–Crippen MR) is 253 cm³/mol. The SMILES string of the molecule is COC(=O)N[C@H](C(=O)N1CCC[C@H]1C1=NC=C(c2ccc3c(c2)Oc2ccc4cc(C5=CN=C([C@@H]6CCCN6C(=O)[C@@H](NC(=O)OC)C6CCOCC6)C5)ccc4c2C3C)C1)C1CCOCC1. The van der Waals surface area contributed by atoms with Crippen molar-refractivity contribution in [3.63, 3.8) is 0 Å². The number of benzene rings is 3. The molecule has 5 atom stereocenters. The molecule has 0 saturated carbocycles. The molecular formula is C52H60N6O9. The number of hydrogen-bond acceptors (Lipinski definition) is 11. The lowest BCUT2D eigenvalue weighted by Crippen LogP contribution is -2.55. The Hall–Kier alpha value is -6.06. The summed E-state index contributed by atoms with van der Waals surface area (Å²) >= 11 is 0. The van der Waals surface area contributed by atoms with Crippen molar-refractivity contribution in [2.45, 2.75) is 101 Å². The number of nitrogens with zero attached hydrogens (tertiary/aromatic N) is 4. The van der Waals surface area contributed by atoms with Gasteiger partial charge >= 0.3 is 12.2 Å². The number of nitrogens with one attached hydrogen (secondary N) is 2. The van der Waals surface area contributed by atoms with E-state index in [1.54, 1.807) is 0 Å². The zero-order valence-electron chi connectivity index (χ0n) is 38.6. The van der Waals surface area contributed by atoms with E-state index in [0.29, 0.717) is 78.0 Å². The molecular weight excluding hydrogens is 853 g/mol. The molecule has 7 heterocycles. The Morgan fingerprint density at radius 3 is 1.72 bits per heavy atom. The number of allylic oxidation sites excluding steroid dienone is 2. The van der Waals surface area contributed by atoms with Gasteiger partial charge in [-0.1, -0.05) is 37.3 Å². The van der Waals surface area contributed by atoms with Crippen LogP contribution in [0, 0.1) is 11.8 Å². The highest BCUT2D eigenvalue weighted by molar-refractivity contribution is 6.05. The normalized spacial score (nSPS) is 23.8. The third-order valence-corrected chi connectivity index (χ3v) is 15.2. The number of carbonyl (C=O) groups excluding carboxylic acids is 4. The summed E-state index contributed by atoms with van der Waals surface area (Å²) in [6.45, 7) is 5.75. The Bertz CT molecular complexity index is 2570. The van der Waals surface area contributed by atoms with Gasteiger partial charge in [0.05, 0.1) is 26.3 Å². The molecule has 10 rings (SSSR count). The molecule has 4 saturated heterocycles. The van der Waals surface area contributed by atoms with Crippen LogP contribution in [0.3, 0.4) is 0 Å². The van der Waals surface area contributed by atoms with Gasteiger partial charge in [-0.3, -0.25) is 19.6 Å². The number of likely N-dealkylation sites (tertiary alicyclic amines) is 2. The quantitative estimate of drug-likeness (QED) is 0.207. The van der Waals surface area contributed by atoms with Crippen molar-refractivity contribution in [2.24, 2.45) is 21.8 Å². The lowest BCUT2D eigenvalue weighted by Gasteiger charge is -2.34. The monoisotopic (exact) mass is 912 g/mol. The van der Waals surface area contributed by atoms with E-state index in [-0.39, 0.29) is 41.7 Å². The summed E-state index contributed by atoms with van der Waals surface area (Å²) in [4.78, 5) is 66.6. The van der Waals surface area contributed by atoms with E-state index >= 15 is 0 Å². The number of carbonyl (C=O) groups is 4. The van der Waals surface area contributed by atoms with Crippen LogP contribution in [0.2, 0.25) is 0 Å². The van der Waals surface area contributed by atoms with E-state index in [4.69, 9.17) is 33.7 Å². The van der Waals surface area contributed by atoms with Gasteiger partial charge in [0.1, 0.15) is 23.6 Å². The number of methoxy groups -OCH3 is 2. The molecule has 0 aromatic heterocycles. The molecule has 0 radical (unpaired) electrons. The first-order valence-electron chi connectivity index (χ1n) is 24.0. The molecule has 0 aliphatic carbocycles. The summed E-state index contributed by atoms with van der Waals surface area (Å²) in [6.07, 6.45) is 10.2. The smallest absolute Gasteiger partial charge is 0.407 e. The van der Waals surface area contributed by atoms with Crippen molar-refractivity contribution in [1.29, 1.82) is 0 Å². The van der Waals surface area contributed by atoms with Gasteiger partial charge in [-0.2, -0.15) is 0 Å². The van der Waals surface area contributed by atoms with Crippen molar-refractivity contribution in [3.05, 3.63) is 83.2 Å². The van der Waals surface area contributed by atoms with E-state index in [0.717, 1.165) is 92.8 Å². The maximum absolute atomic E-state index is 14.1. The molecule has 2 N–H and O–H groups in total. The summed E-state index contributed by atoms with van der Waals surface area (Å²) in [5.41, 5.74) is 8.53. The van der Waals surface area contributed by atoms with Crippen LogP contribution in [0.15, 0.2) is 70.9 Å². The van der Waals surface area contributed by atoms with Crippen molar-refractivity contribution in [1.82, 2.24) is 20.4 Å². The van der Waals surface area contributed by atoms with Crippen LogP contribution in [0.25, 0.3) is 21.9 Å². The fraction of sp³-hybridized carbons (Fsp3) is 0.500.